The molecule has 1 amide bonds. The first kappa shape index (κ1) is 18.6. The minimum atomic E-state index is -0.812. The molecule has 0 saturated heterocycles. The van der Waals surface area contributed by atoms with Gasteiger partial charge in [-0.2, -0.15) is 5.26 Å². The fourth-order valence-electron chi connectivity index (χ4n) is 1.83. The molecule has 22 heavy (non-hydrogen) atoms. The fraction of sp³-hybridized carbons (Fsp3) is 0.556. The van der Waals surface area contributed by atoms with E-state index in [1.165, 1.54) is 17.3 Å². The van der Waals surface area contributed by atoms with Gasteiger partial charge in [0.15, 0.2) is 0 Å². The lowest BCUT2D eigenvalue weighted by molar-refractivity contribution is -0.120. The molecular formula is C18H26N2OS. The van der Waals surface area contributed by atoms with Crippen molar-refractivity contribution in [3.63, 3.8) is 0 Å². The number of nitrogens with zero attached hydrogens (tertiary/aromatic N) is 1. The van der Waals surface area contributed by atoms with Gasteiger partial charge >= 0.3 is 0 Å². The van der Waals surface area contributed by atoms with Crippen LogP contribution in [-0.2, 0) is 10.2 Å². The summed E-state index contributed by atoms with van der Waals surface area (Å²) in [6.07, 6.45) is 0. The van der Waals surface area contributed by atoms with Crippen molar-refractivity contribution in [2.24, 2.45) is 5.92 Å². The van der Waals surface area contributed by atoms with Gasteiger partial charge in [0, 0.05) is 4.90 Å². The molecule has 4 heteroatoms. The first-order valence-electron chi connectivity index (χ1n) is 7.54. The third kappa shape index (κ3) is 5.06. The quantitative estimate of drug-likeness (QED) is 0.830. The van der Waals surface area contributed by atoms with Crippen LogP contribution in [-0.4, -0.2) is 17.2 Å². The second-order valence-electron chi connectivity index (χ2n) is 7.08. The van der Waals surface area contributed by atoms with Crippen LogP contribution >= 0.6 is 11.8 Å². The van der Waals surface area contributed by atoms with Crippen LogP contribution in [0, 0.1) is 17.2 Å². The number of nitriles is 1. The Morgan fingerprint density at radius 3 is 2.18 bits per heavy atom. The number of amides is 1. The molecule has 0 aliphatic carbocycles. The topological polar surface area (TPSA) is 52.9 Å². The summed E-state index contributed by atoms with van der Waals surface area (Å²) in [5.74, 6) is 0.277. The summed E-state index contributed by atoms with van der Waals surface area (Å²) >= 11 is 1.49. The Morgan fingerprint density at radius 2 is 1.77 bits per heavy atom. The van der Waals surface area contributed by atoms with Crippen molar-refractivity contribution in [1.82, 2.24) is 5.32 Å². The first-order valence-corrected chi connectivity index (χ1v) is 8.52. The Morgan fingerprint density at radius 1 is 1.23 bits per heavy atom. The van der Waals surface area contributed by atoms with E-state index in [4.69, 9.17) is 0 Å². The SMILES string of the molecule is CC(C)C(C)(C#N)NC(=O)CSc1ccc(C(C)(C)C)cc1. The summed E-state index contributed by atoms with van der Waals surface area (Å²) in [6.45, 7) is 12.2. The average Bonchev–Trinajstić information content (AvgIpc) is 2.44. The van der Waals surface area contributed by atoms with Crippen LogP contribution in [0.3, 0.4) is 0 Å². The van der Waals surface area contributed by atoms with Gasteiger partial charge in [0.2, 0.25) is 5.91 Å². The number of hydrogen-bond donors (Lipinski definition) is 1. The van der Waals surface area contributed by atoms with Gasteiger partial charge in [0.1, 0.15) is 5.54 Å². The van der Waals surface area contributed by atoms with E-state index in [0.717, 1.165) is 4.90 Å². The Labute approximate surface area is 138 Å². The molecule has 0 aromatic heterocycles. The van der Waals surface area contributed by atoms with Crippen molar-refractivity contribution in [3.8, 4) is 6.07 Å². The molecule has 120 valence electrons. The van der Waals surface area contributed by atoms with Gasteiger partial charge in [-0.15, -0.1) is 11.8 Å². The predicted octanol–water partition coefficient (Wildman–Crippen LogP) is 4.13. The molecule has 0 fully saturated rings. The van der Waals surface area contributed by atoms with E-state index in [1.54, 1.807) is 6.92 Å². The maximum atomic E-state index is 12.0. The van der Waals surface area contributed by atoms with Crippen molar-refractivity contribution in [3.05, 3.63) is 29.8 Å². The van der Waals surface area contributed by atoms with Crippen molar-refractivity contribution < 1.29 is 4.79 Å². The molecule has 1 unspecified atom stereocenters. The van der Waals surface area contributed by atoms with E-state index in [2.05, 4.69) is 44.3 Å². The molecule has 0 bridgehead atoms. The summed E-state index contributed by atoms with van der Waals surface area (Å²) in [7, 11) is 0. The predicted molar refractivity (Wildman–Crippen MR) is 92.9 cm³/mol. The molecule has 0 aliphatic rings. The fourth-order valence-corrected chi connectivity index (χ4v) is 2.53. The summed E-state index contributed by atoms with van der Waals surface area (Å²) in [6, 6.07) is 10.5. The molecular weight excluding hydrogens is 292 g/mol. The highest BCUT2D eigenvalue weighted by atomic mass is 32.2. The van der Waals surface area contributed by atoms with Crippen LogP contribution in [0.2, 0.25) is 0 Å². The van der Waals surface area contributed by atoms with E-state index in [9.17, 15) is 10.1 Å². The lowest BCUT2D eigenvalue weighted by atomic mass is 9.87. The molecule has 0 aliphatic heterocycles. The lowest BCUT2D eigenvalue weighted by Crippen LogP contribution is -2.49. The van der Waals surface area contributed by atoms with E-state index in [0.29, 0.717) is 5.75 Å². The van der Waals surface area contributed by atoms with E-state index >= 15 is 0 Å². The third-order valence-electron chi connectivity index (χ3n) is 3.88. The molecule has 1 rings (SSSR count). The minimum absolute atomic E-state index is 0.0671. The molecule has 1 aromatic carbocycles. The van der Waals surface area contributed by atoms with E-state index < -0.39 is 5.54 Å². The maximum absolute atomic E-state index is 12.0. The second-order valence-corrected chi connectivity index (χ2v) is 8.13. The molecule has 1 atom stereocenters. The van der Waals surface area contributed by atoms with Gasteiger partial charge in [-0.1, -0.05) is 46.8 Å². The standard InChI is InChI=1S/C18H26N2OS/c1-13(2)18(6,12-19)20-16(21)11-22-15-9-7-14(8-10-15)17(3,4)5/h7-10,13H,11H2,1-6H3,(H,20,21). The third-order valence-corrected chi connectivity index (χ3v) is 4.89. The number of carbonyl (C=O) groups is 1. The summed E-state index contributed by atoms with van der Waals surface area (Å²) < 4.78 is 0. The molecule has 0 heterocycles. The summed E-state index contributed by atoms with van der Waals surface area (Å²) in [5, 5.41) is 12.1. The second kappa shape index (κ2) is 7.19. The van der Waals surface area contributed by atoms with Crippen LogP contribution in [0.15, 0.2) is 29.2 Å². The normalized spacial score (nSPS) is 14.3. The number of nitrogens with one attached hydrogen (secondary N) is 1. The van der Waals surface area contributed by atoms with Crippen molar-refractivity contribution in [1.29, 1.82) is 5.26 Å². The average molecular weight is 318 g/mol. The Balaban J connectivity index is 2.60. The van der Waals surface area contributed by atoms with E-state index in [1.807, 2.05) is 26.0 Å². The highest BCUT2D eigenvalue weighted by Gasteiger charge is 2.29. The number of carbonyl (C=O) groups excluding carboxylic acids is 1. The van der Waals surface area contributed by atoms with Crippen LogP contribution in [0.4, 0.5) is 0 Å². The highest BCUT2D eigenvalue weighted by molar-refractivity contribution is 8.00. The lowest BCUT2D eigenvalue weighted by Gasteiger charge is -2.27. The molecule has 0 radical (unpaired) electrons. The Bertz CT molecular complexity index is 552. The molecule has 0 spiro atoms. The van der Waals surface area contributed by atoms with E-state index in [-0.39, 0.29) is 17.2 Å². The minimum Gasteiger partial charge on any atom is -0.337 e. The van der Waals surface area contributed by atoms with Crippen molar-refractivity contribution in [2.45, 2.75) is 57.4 Å². The highest BCUT2D eigenvalue weighted by Crippen LogP contribution is 2.25. The molecule has 1 N–H and O–H groups in total. The Hall–Kier alpha value is -1.47. The number of benzene rings is 1. The van der Waals surface area contributed by atoms with Gasteiger partial charge in [0.05, 0.1) is 11.8 Å². The van der Waals surface area contributed by atoms with Crippen LogP contribution < -0.4 is 5.32 Å². The number of thioether (sulfide) groups is 1. The molecule has 0 saturated carbocycles. The summed E-state index contributed by atoms with van der Waals surface area (Å²) in [5.41, 5.74) is 0.596. The first-order chi connectivity index (χ1) is 10.1. The molecule has 3 nitrogen and oxygen atoms in total. The zero-order valence-corrected chi connectivity index (χ0v) is 15.2. The van der Waals surface area contributed by atoms with Gasteiger partial charge in [-0.3, -0.25) is 4.79 Å². The van der Waals surface area contributed by atoms with Crippen LogP contribution in [0.5, 0.6) is 0 Å². The van der Waals surface area contributed by atoms with Crippen LogP contribution in [0.1, 0.15) is 47.1 Å². The van der Waals surface area contributed by atoms with Gasteiger partial charge in [-0.25, -0.2) is 0 Å². The Kier molecular flexibility index (Phi) is 6.08. The van der Waals surface area contributed by atoms with Gasteiger partial charge < -0.3 is 5.32 Å². The number of rotatable bonds is 5. The maximum Gasteiger partial charge on any atom is 0.231 e. The smallest absolute Gasteiger partial charge is 0.231 e. The number of hydrogen-bond acceptors (Lipinski definition) is 3. The van der Waals surface area contributed by atoms with Crippen molar-refractivity contribution in [2.75, 3.05) is 5.75 Å². The largest absolute Gasteiger partial charge is 0.337 e. The molecule has 1 aromatic rings. The summed E-state index contributed by atoms with van der Waals surface area (Å²) in [4.78, 5) is 13.1. The zero-order chi connectivity index (χ0) is 17.0. The van der Waals surface area contributed by atoms with Crippen molar-refractivity contribution >= 4 is 17.7 Å². The van der Waals surface area contributed by atoms with Crippen LogP contribution in [0.25, 0.3) is 0 Å². The van der Waals surface area contributed by atoms with Gasteiger partial charge in [-0.05, 0) is 36.0 Å². The monoisotopic (exact) mass is 318 g/mol. The van der Waals surface area contributed by atoms with Gasteiger partial charge in [0.25, 0.3) is 0 Å². The zero-order valence-electron chi connectivity index (χ0n) is 14.4.